The summed E-state index contributed by atoms with van der Waals surface area (Å²) in [6.07, 6.45) is 10.1. The van der Waals surface area contributed by atoms with Crippen molar-refractivity contribution in [2.75, 3.05) is 6.54 Å². The van der Waals surface area contributed by atoms with Gasteiger partial charge in [-0.1, -0.05) is 37.5 Å². The zero-order valence-electron chi connectivity index (χ0n) is 13.9. The summed E-state index contributed by atoms with van der Waals surface area (Å²) in [5, 5.41) is 5.47. The normalized spacial score (nSPS) is 15.8. The van der Waals surface area contributed by atoms with Crippen molar-refractivity contribution in [3.8, 4) is 0 Å². The average Bonchev–Trinajstić information content (AvgIpc) is 2.95. The van der Waals surface area contributed by atoms with Crippen molar-refractivity contribution >= 4 is 27.7 Å². The molecule has 3 aromatic rings. The van der Waals surface area contributed by atoms with Gasteiger partial charge in [0.05, 0.1) is 11.7 Å². The van der Waals surface area contributed by atoms with E-state index in [4.69, 9.17) is 0 Å². The number of carbonyl (C=O) groups excluding carboxylic acids is 1. The van der Waals surface area contributed by atoms with Crippen LogP contribution in [-0.4, -0.2) is 22.0 Å². The fraction of sp³-hybridized carbons (Fsp3) is 0.400. The SMILES string of the molecule is O=C(Cn1c2ccccc2c2ccncc21)NCC1CCCCC1. The smallest absolute Gasteiger partial charge is 0.239 e. The van der Waals surface area contributed by atoms with Crippen molar-refractivity contribution in [1.29, 1.82) is 0 Å². The Labute approximate surface area is 141 Å². The van der Waals surface area contributed by atoms with Gasteiger partial charge in [-0.05, 0) is 30.9 Å². The molecule has 1 aliphatic carbocycles. The second-order valence-corrected chi connectivity index (χ2v) is 6.80. The van der Waals surface area contributed by atoms with Crippen molar-refractivity contribution in [2.45, 2.75) is 38.6 Å². The molecular weight excluding hydrogens is 298 g/mol. The predicted octanol–water partition coefficient (Wildman–Crippen LogP) is 3.89. The van der Waals surface area contributed by atoms with E-state index in [2.05, 4.69) is 27.0 Å². The maximum absolute atomic E-state index is 12.5. The highest BCUT2D eigenvalue weighted by atomic mass is 16.1. The maximum Gasteiger partial charge on any atom is 0.239 e. The van der Waals surface area contributed by atoms with Crippen LogP contribution in [0.2, 0.25) is 0 Å². The zero-order chi connectivity index (χ0) is 16.4. The number of hydrogen-bond donors (Lipinski definition) is 1. The van der Waals surface area contributed by atoms with Gasteiger partial charge in [-0.3, -0.25) is 9.78 Å². The fourth-order valence-electron chi connectivity index (χ4n) is 3.91. The monoisotopic (exact) mass is 321 g/mol. The largest absolute Gasteiger partial charge is 0.354 e. The van der Waals surface area contributed by atoms with E-state index in [0.29, 0.717) is 12.5 Å². The van der Waals surface area contributed by atoms with E-state index in [0.717, 1.165) is 23.0 Å². The molecule has 0 saturated heterocycles. The molecule has 4 heteroatoms. The van der Waals surface area contributed by atoms with Crippen LogP contribution in [0.3, 0.4) is 0 Å². The lowest BCUT2D eigenvalue weighted by atomic mass is 9.89. The third kappa shape index (κ3) is 2.88. The lowest BCUT2D eigenvalue weighted by molar-refractivity contribution is -0.121. The highest BCUT2D eigenvalue weighted by Gasteiger charge is 2.16. The van der Waals surface area contributed by atoms with E-state index >= 15 is 0 Å². The van der Waals surface area contributed by atoms with Crippen molar-refractivity contribution in [1.82, 2.24) is 14.9 Å². The van der Waals surface area contributed by atoms with E-state index in [1.807, 2.05) is 30.6 Å². The van der Waals surface area contributed by atoms with E-state index in [1.54, 1.807) is 0 Å². The first kappa shape index (κ1) is 15.2. The first-order valence-corrected chi connectivity index (χ1v) is 8.90. The molecule has 0 spiro atoms. The molecule has 0 bridgehead atoms. The number of amides is 1. The molecule has 0 aliphatic heterocycles. The third-order valence-corrected chi connectivity index (χ3v) is 5.19. The standard InChI is InChI=1S/C20H23N3O/c24-20(22-12-15-6-2-1-3-7-15)14-23-18-9-5-4-8-16(18)17-10-11-21-13-19(17)23/h4-5,8-11,13,15H,1-3,6-7,12,14H2,(H,22,24). The van der Waals surface area contributed by atoms with Crippen molar-refractivity contribution in [3.63, 3.8) is 0 Å². The molecule has 4 rings (SSSR count). The molecule has 2 aromatic heterocycles. The summed E-state index contributed by atoms with van der Waals surface area (Å²) in [7, 11) is 0. The molecule has 1 N–H and O–H groups in total. The number of pyridine rings is 1. The van der Waals surface area contributed by atoms with Crippen molar-refractivity contribution < 1.29 is 4.79 Å². The average molecular weight is 321 g/mol. The second-order valence-electron chi connectivity index (χ2n) is 6.80. The molecule has 1 aromatic carbocycles. The first-order valence-electron chi connectivity index (χ1n) is 8.90. The predicted molar refractivity (Wildman–Crippen MR) is 96.8 cm³/mol. The van der Waals surface area contributed by atoms with Crippen LogP contribution in [0.1, 0.15) is 32.1 Å². The molecule has 24 heavy (non-hydrogen) atoms. The fourth-order valence-corrected chi connectivity index (χ4v) is 3.91. The van der Waals surface area contributed by atoms with E-state index in [1.165, 1.54) is 37.5 Å². The zero-order valence-corrected chi connectivity index (χ0v) is 13.9. The number of benzene rings is 1. The summed E-state index contributed by atoms with van der Waals surface area (Å²) in [5.41, 5.74) is 2.11. The summed E-state index contributed by atoms with van der Waals surface area (Å²) in [4.78, 5) is 16.7. The Morgan fingerprint density at radius 2 is 1.88 bits per heavy atom. The van der Waals surface area contributed by atoms with Gasteiger partial charge in [-0.15, -0.1) is 0 Å². The van der Waals surface area contributed by atoms with Gasteiger partial charge in [0.25, 0.3) is 0 Å². The van der Waals surface area contributed by atoms with Crippen LogP contribution < -0.4 is 5.32 Å². The minimum absolute atomic E-state index is 0.0899. The van der Waals surface area contributed by atoms with Crippen LogP contribution in [0.25, 0.3) is 21.8 Å². The molecule has 0 unspecified atom stereocenters. The Balaban J connectivity index is 1.55. The Kier molecular flexibility index (Phi) is 4.20. The van der Waals surface area contributed by atoms with Gasteiger partial charge in [0, 0.05) is 29.0 Å². The summed E-state index contributed by atoms with van der Waals surface area (Å²) in [6.45, 7) is 1.16. The summed E-state index contributed by atoms with van der Waals surface area (Å²) in [6, 6.07) is 10.3. The van der Waals surface area contributed by atoms with Crippen LogP contribution in [0.4, 0.5) is 0 Å². The summed E-state index contributed by atoms with van der Waals surface area (Å²) >= 11 is 0. The molecule has 1 fully saturated rings. The number of nitrogens with one attached hydrogen (secondary N) is 1. The van der Waals surface area contributed by atoms with Gasteiger partial charge < -0.3 is 9.88 Å². The van der Waals surface area contributed by atoms with E-state index in [9.17, 15) is 4.79 Å². The van der Waals surface area contributed by atoms with Gasteiger partial charge in [0.1, 0.15) is 6.54 Å². The molecule has 1 amide bonds. The molecule has 1 saturated carbocycles. The van der Waals surface area contributed by atoms with Crippen molar-refractivity contribution in [2.24, 2.45) is 5.92 Å². The molecule has 1 aliphatic rings. The van der Waals surface area contributed by atoms with Crippen LogP contribution in [0, 0.1) is 5.92 Å². The lowest BCUT2D eigenvalue weighted by Crippen LogP contribution is -2.32. The molecule has 2 heterocycles. The Hall–Kier alpha value is -2.36. The topological polar surface area (TPSA) is 46.9 Å². The molecular formula is C20H23N3O. The highest BCUT2D eigenvalue weighted by Crippen LogP contribution is 2.28. The van der Waals surface area contributed by atoms with Crippen LogP contribution in [0.15, 0.2) is 42.7 Å². The van der Waals surface area contributed by atoms with Gasteiger partial charge in [0.15, 0.2) is 0 Å². The summed E-state index contributed by atoms with van der Waals surface area (Å²) < 4.78 is 2.08. The number of rotatable bonds is 4. The van der Waals surface area contributed by atoms with Crippen LogP contribution in [0.5, 0.6) is 0 Å². The number of hydrogen-bond acceptors (Lipinski definition) is 2. The second kappa shape index (κ2) is 6.63. The van der Waals surface area contributed by atoms with Gasteiger partial charge in [-0.25, -0.2) is 0 Å². The third-order valence-electron chi connectivity index (χ3n) is 5.19. The molecule has 124 valence electrons. The van der Waals surface area contributed by atoms with E-state index in [-0.39, 0.29) is 5.91 Å². The number of para-hydroxylation sites is 1. The number of fused-ring (bicyclic) bond motifs is 3. The quantitative estimate of drug-likeness (QED) is 0.792. The Bertz CT molecular complexity index is 808. The highest BCUT2D eigenvalue weighted by molar-refractivity contribution is 6.08. The maximum atomic E-state index is 12.5. The van der Waals surface area contributed by atoms with Crippen LogP contribution >= 0.6 is 0 Å². The number of aromatic nitrogens is 2. The van der Waals surface area contributed by atoms with Gasteiger partial charge >= 0.3 is 0 Å². The summed E-state index contributed by atoms with van der Waals surface area (Å²) in [5.74, 6) is 0.745. The van der Waals surface area contributed by atoms with Crippen molar-refractivity contribution in [3.05, 3.63) is 42.7 Å². The Morgan fingerprint density at radius 3 is 2.75 bits per heavy atom. The minimum Gasteiger partial charge on any atom is -0.354 e. The molecule has 4 nitrogen and oxygen atoms in total. The molecule has 0 radical (unpaired) electrons. The van der Waals surface area contributed by atoms with E-state index < -0.39 is 0 Å². The lowest BCUT2D eigenvalue weighted by Gasteiger charge is -2.21. The first-order chi connectivity index (χ1) is 11.8. The molecule has 0 atom stereocenters. The van der Waals surface area contributed by atoms with Gasteiger partial charge in [0.2, 0.25) is 5.91 Å². The number of nitrogens with zero attached hydrogens (tertiary/aromatic N) is 2. The minimum atomic E-state index is 0.0899. The Morgan fingerprint density at radius 1 is 1.08 bits per heavy atom. The van der Waals surface area contributed by atoms with Gasteiger partial charge in [-0.2, -0.15) is 0 Å². The number of carbonyl (C=O) groups is 1. The van der Waals surface area contributed by atoms with Crippen LogP contribution in [-0.2, 0) is 11.3 Å².